The molecule has 1 atom stereocenters. The maximum atomic E-state index is 10.8. The molecule has 0 amide bonds. The molecule has 1 aliphatic carbocycles. The van der Waals surface area contributed by atoms with E-state index in [0.29, 0.717) is 12.0 Å². The molecule has 0 radical (unpaired) electrons. The van der Waals surface area contributed by atoms with E-state index in [4.69, 9.17) is 0 Å². The summed E-state index contributed by atoms with van der Waals surface area (Å²) in [7, 11) is 1.98. The zero-order valence-corrected chi connectivity index (χ0v) is 14.5. The highest BCUT2D eigenvalue weighted by Crippen LogP contribution is 2.40. The van der Waals surface area contributed by atoms with Gasteiger partial charge in [0.1, 0.15) is 0 Å². The first kappa shape index (κ1) is 16.5. The van der Waals surface area contributed by atoms with Crippen LogP contribution in [0.3, 0.4) is 0 Å². The largest absolute Gasteiger partial charge is 0.389 e. The van der Waals surface area contributed by atoms with Crippen molar-refractivity contribution in [1.29, 1.82) is 0 Å². The number of nitrogens with zero attached hydrogens (tertiary/aromatic N) is 2. The van der Waals surface area contributed by atoms with Gasteiger partial charge in [0.2, 0.25) is 0 Å². The Morgan fingerprint density at radius 2 is 1.81 bits per heavy atom. The SMILES string of the molecule is Cc1nn(C)c(C)c1C(C)NCC1(O)CCC(C)(C)CC1. The highest BCUT2D eigenvalue weighted by Gasteiger charge is 2.36. The monoisotopic (exact) mass is 293 g/mol. The van der Waals surface area contributed by atoms with Gasteiger partial charge in [-0.25, -0.2) is 0 Å². The molecule has 1 fully saturated rings. The van der Waals surface area contributed by atoms with Crippen LogP contribution in [-0.2, 0) is 7.05 Å². The summed E-state index contributed by atoms with van der Waals surface area (Å²) in [5.74, 6) is 0. The fourth-order valence-electron chi connectivity index (χ4n) is 3.43. The van der Waals surface area contributed by atoms with E-state index >= 15 is 0 Å². The van der Waals surface area contributed by atoms with Crippen molar-refractivity contribution >= 4 is 0 Å². The average molecular weight is 293 g/mol. The van der Waals surface area contributed by atoms with Crippen LogP contribution >= 0.6 is 0 Å². The Morgan fingerprint density at radius 1 is 1.24 bits per heavy atom. The van der Waals surface area contributed by atoms with E-state index in [1.165, 1.54) is 11.3 Å². The highest BCUT2D eigenvalue weighted by atomic mass is 16.3. The van der Waals surface area contributed by atoms with Gasteiger partial charge < -0.3 is 10.4 Å². The smallest absolute Gasteiger partial charge is 0.0772 e. The maximum absolute atomic E-state index is 10.8. The lowest BCUT2D eigenvalue weighted by atomic mass is 9.71. The molecule has 0 spiro atoms. The first-order valence-electron chi connectivity index (χ1n) is 8.09. The zero-order chi connectivity index (χ0) is 15.8. The lowest BCUT2D eigenvalue weighted by molar-refractivity contribution is -0.0258. The van der Waals surface area contributed by atoms with Crippen LogP contribution in [0.5, 0.6) is 0 Å². The number of hydrogen-bond acceptors (Lipinski definition) is 3. The lowest BCUT2D eigenvalue weighted by Gasteiger charge is -2.40. The molecule has 120 valence electrons. The van der Waals surface area contributed by atoms with Crippen molar-refractivity contribution in [2.24, 2.45) is 12.5 Å². The van der Waals surface area contributed by atoms with Crippen molar-refractivity contribution in [3.05, 3.63) is 17.0 Å². The summed E-state index contributed by atoms with van der Waals surface area (Å²) in [5, 5.41) is 18.8. The molecule has 1 saturated carbocycles. The van der Waals surface area contributed by atoms with E-state index in [-0.39, 0.29) is 6.04 Å². The van der Waals surface area contributed by atoms with Crippen molar-refractivity contribution < 1.29 is 5.11 Å². The van der Waals surface area contributed by atoms with Gasteiger partial charge in [0.25, 0.3) is 0 Å². The molecule has 4 heteroatoms. The molecule has 21 heavy (non-hydrogen) atoms. The summed E-state index contributed by atoms with van der Waals surface area (Å²) in [6.45, 7) is 11.6. The summed E-state index contributed by atoms with van der Waals surface area (Å²) in [5.41, 5.74) is 3.37. The number of hydrogen-bond donors (Lipinski definition) is 2. The third-order valence-corrected chi connectivity index (χ3v) is 5.27. The Balaban J connectivity index is 1.97. The van der Waals surface area contributed by atoms with E-state index in [0.717, 1.165) is 31.4 Å². The summed E-state index contributed by atoms with van der Waals surface area (Å²) in [6, 6.07) is 0.220. The van der Waals surface area contributed by atoms with Gasteiger partial charge in [0.15, 0.2) is 0 Å². The van der Waals surface area contributed by atoms with Gasteiger partial charge in [-0.15, -0.1) is 0 Å². The summed E-state index contributed by atoms with van der Waals surface area (Å²) in [4.78, 5) is 0. The second kappa shape index (κ2) is 5.73. The standard InChI is InChI=1S/C17H31N3O/c1-12(15-13(2)19-20(6)14(15)3)18-11-17(21)9-7-16(4,5)8-10-17/h12,18,21H,7-11H2,1-6H3. The third-order valence-electron chi connectivity index (χ3n) is 5.27. The summed E-state index contributed by atoms with van der Waals surface area (Å²) < 4.78 is 1.93. The van der Waals surface area contributed by atoms with Crippen molar-refractivity contribution in [1.82, 2.24) is 15.1 Å². The van der Waals surface area contributed by atoms with E-state index in [1.807, 2.05) is 11.7 Å². The third kappa shape index (κ3) is 3.67. The molecule has 1 aliphatic rings. The molecule has 0 aliphatic heterocycles. The second-order valence-corrected chi connectivity index (χ2v) is 7.70. The molecular weight excluding hydrogens is 262 g/mol. The molecule has 1 aromatic heterocycles. The van der Waals surface area contributed by atoms with Crippen molar-refractivity contribution in [2.75, 3.05) is 6.54 Å². The predicted octanol–water partition coefficient (Wildman–Crippen LogP) is 3.02. The van der Waals surface area contributed by atoms with Crippen LogP contribution in [0.4, 0.5) is 0 Å². The summed E-state index contributed by atoms with van der Waals surface area (Å²) in [6.07, 6.45) is 3.99. The number of aryl methyl sites for hydroxylation is 2. The Morgan fingerprint density at radius 3 is 2.29 bits per heavy atom. The Hall–Kier alpha value is -0.870. The van der Waals surface area contributed by atoms with Crippen LogP contribution in [0.15, 0.2) is 0 Å². The normalized spacial score (nSPS) is 22.2. The van der Waals surface area contributed by atoms with E-state index < -0.39 is 5.60 Å². The Kier molecular flexibility index (Phi) is 4.50. The molecule has 2 N–H and O–H groups in total. The van der Waals surface area contributed by atoms with E-state index in [1.54, 1.807) is 0 Å². The highest BCUT2D eigenvalue weighted by molar-refractivity contribution is 5.27. The number of rotatable bonds is 4. The van der Waals surface area contributed by atoms with Gasteiger partial charge in [-0.3, -0.25) is 4.68 Å². The maximum Gasteiger partial charge on any atom is 0.0772 e. The fourth-order valence-corrected chi connectivity index (χ4v) is 3.43. The zero-order valence-electron chi connectivity index (χ0n) is 14.5. The Bertz CT molecular complexity index is 494. The number of nitrogens with one attached hydrogen (secondary N) is 1. The van der Waals surface area contributed by atoms with Gasteiger partial charge in [0, 0.05) is 30.9 Å². The van der Waals surface area contributed by atoms with Gasteiger partial charge in [-0.2, -0.15) is 5.10 Å². The summed E-state index contributed by atoms with van der Waals surface area (Å²) >= 11 is 0. The molecule has 4 nitrogen and oxygen atoms in total. The lowest BCUT2D eigenvalue weighted by Crippen LogP contribution is -2.45. The quantitative estimate of drug-likeness (QED) is 0.897. The Labute approximate surface area is 128 Å². The van der Waals surface area contributed by atoms with Crippen LogP contribution in [-0.4, -0.2) is 27.0 Å². The van der Waals surface area contributed by atoms with Gasteiger partial charge >= 0.3 is 0 Å². The van der Waals surface area contributed by atoms with Crippen LogP contribution in [0.1, 0.15) is 69.4 Å². The van der Waals surface area contributed by atoms with Gasteiger partial charge in [0.05, 0.1) is 11.3 Å². The van der Waals surface area contributed by atoms with Gasteiger partial charge in [-0.1, -0.05) is 13.8 Å². The van der Waals surface area contributed by atoms with E-state index in [2.05, 4.69) is 45.0 Å². The van der Waals surface area contributed by atoms with Crippen LogP contribution in [0.2, 0.25) is 0 Å². The van der Waals surface area contributed by atoms with Crippen LogP contribution in [0, 0.1) is 19.3 Å². The fraction of sp³-hybridized carbons (Fsp3) is 0.824. The van der Waals surface area contributed by atoms with Crippen LogP contribution < -0.4 is 5.32 Å². The van der Waals surface area contributed by atoms with Crippen molar-refractivity contribution in [3.8, 4) is 0 Å². The minimum atomic E-state index is -0.548. The molecular formula is C17H31N3O. The van der Waals surface area contributed by atoms with Crippen molar-refractivity contribution in [2.45, 2.75) is 71.9 Å². The molecule has 0 saturated heterocycles. The first-order chi connectivity index (χ1) is 9.64. The molecule has 1 heterocycles. The molecule has 1 unspecified atom stereocenters. The van der Waals surface area contributed by atoms with E-state index in [9.17, 15) is 5.11 Å². The van der Waals surface area contributed by atoms with Crippen LogP contribution in [0.25, 0.3) is 0 Å². The molecule has 0 aromatic carbocycles. The van der Waals surface area contributed by atoms with Crippen molar-refractivity contribution in [3.63, 3.8) is 0 Å². The topological polar surface area (TPSA) is 50.1 Å². The van der Waals surface area contributed by atoms with Gasteiger partial charge in [-0.05, 0) is 51.9 Å². The first-order valence-corrected chi connectivity index (χ1v) is 8.09. The molecule has 0 bridgehead atoms. The second-order valence-electron chi connectivity index (χ2n) is 7.70. The minimum Gasteiger partial charge on any atom is -0.389 e. The number of aliphatic hydroxyl groups is 1. The molecule has 1 aromatic rings. The average Bonchev–Trinajstić information content (AvgIpc) is 2.65. The number of aromatic nitrogens is 2. The molecule has 2 rings (SSSR count). The predicted molar refractivity (Wildman–Crippen MR) is 86.3 cm³/mol. The minimum absolute atomic E-state index is 0.220.